The van der Waals surface area contributed by atoms with Crippen molar-refractivity contribution in [1.82, 2.24) is 9.55 Å². The molecule has 10 nitrogen and oxygen atoms in total. The number of aromatic amines is 1. The average Bonchev–Trinajstić information content (AvgIpc) is 2.78. The summed E-state index contributed by atoms with van der Waals surface area (Å²) in [6.45, 7) is 9.09. The number of carbonyl (C=O) groups is 1. The number of H-pyrrole nitrogens is 1. The van der Waals surface area contributed by atoms with Crippen molar-refractivity contribution >= 4 is 23.5 Å². The molecular formula is C24H32N4O6. The number of methoxy groups -OCH3 is 1. The van der Waals surface area contributed by atoms with E-state index < -0.39 is 17.2 Å². The van der Waals surface area contributed by atoms with Crippen LogP contribution < -0.4 is 36.1 Å². The number of nitrogen functional groups attached to an aromatic ring is 1. The van der Waals surface area contributed by atoms with E-state index in [0.717, 1.165) is 0 Å². The molecule has 3 N–H and O–H groups in total. The summed E-state index contributed by atoms with van der Waals surface area (Å²) in [5.74, 6) is 1.20. The van der Waals surface area contributed by atoms with Crippen LogP contribution in [0.2, 0.25) is 0 Å². The van der Waals surface area contributed by atoms with Gasteiger partial charge in [0.1, 0.15) is 19.0 Å². The Hall–Kier alpha value is -3.69. The summed E-state index contributed by atoms with van der Waals surface area (Å²) in [6, 6.07) is 3.48. The number of nitrogens with two attached hydrogens (primary N) is 1. The van der Waals surface area contributed by atoms with Gasteiger partial charge in [0, 0.05) is 19.2 Å². The first-order valence-electron chi connectivity index (χ1n) is 11.2. The largest absolute Gasteiger partial charge is 0.493 e. The van der Waals surface area contributed by atoms with Crippen molar-refractivity contribution in [2.24, 2.45) is 11.8 Å². The first-order chi connectivity index (χ1) is 16.1. The fourth-order valence-corrected chi connectivity index (χ4v) is 3.69. The third-order valence-corrected chi connectivity index (χ3v) is 5.11. The highest BCUT2D eigenvalue weighted by molar-refractivity contribution is 6.05. The van der Waals surface area contributed by atoms with E-state index >= 15 is 0 Å². The van der Waals surface area contributed by atoms with Gasteiger partial charge in [0.05, 0.1) is 7.11 Å². The lowest BCUT2D eigenvalue weighted by molar-refractivity contribution is -0.114. The molecular weight excluding hydrogens is 440 g/mol. The van der Waals surface area contributed by atoms with Crippen LogP contribution in [0.25, 0.3) is 6.08 Å². The second-order valence-electron chi connectivity index (χ2n) is 8.92. The fourth-order valence-electron chi connectivity index (χ4n) is 3.69. The Balaban J connectivity index is 2.00. The quantitative estimate of drug-likeness (QED) is 0.564. The molecule has 1 aliphatic heterocycles. The molecule has 1 aliphatic rings. The average molecular weight is 473 g/mol. The molecule has 0 saturated heterocycles. The van der Waals surface area contributed by atoms with Crippen molar-refractivity contribution in [2.45, 2.75) is 34.2 Å². The monoisotopic (exact) mass is 472 g/mol. The summed E-state index contributed by atoms with van der Waals surface area (Å²) in [5, 5.41) is 0. The molecule has 184 valence electrons. The number of ether oxygens (including phenoxy) is 3. The Morgan fingerprint density at radius 2 is 1.91 bits per heavy atom. The lowest BCUT2D eigenvalue weighted by Gasteiger charge is -2.25. The predicted octanol–water partition coefficient (Wildman–Crippen LogP) is 2.26. The molecule has 0 atom stereocenters. The molecule has 34 heavy (non-hydrogen) atoms. The van der Waals surface area contributed by atoms with Gasteiger partial charge < -0.3 is 24.8 Å². The van der Waals surface area contributed by atoms with Gasteiger partial charge in [-0.25, -0.2) is 4.79 Å². The number of carbonyl (C=O) groups excluding carboxylic acids is 1. The van der Waals surface area contributed by atoms with Gasteiger partial charge in [-0.3, -0.25) is 19.1 Å². The molecule has 0 aliphatic carbocycles. The maximum atomic E-state index is 13.3. The van der Waals surface area contributed by atoms with Crippen LogP contribution in [-0.4, -0.2) is 42.3 Å². The molecule has 0 bridgehead atoms. The van der Waals surface area contributed by atoms with Crippen LogP contribution in [0.5, 0.6) is 17.2 Å². The van der Waals surface area contributed by atoms with Crippen molar-refractivity contribution in [3.05, 3.63) is 44.6 Å². The lowest BCUT2D eigenvalue weighted by Crippen LogP contribution is -2.42. The molecule has 0 saturated carbocycles. The summed E-state index contributed by atoms with van der Waals surface area (Å²) in [7, 11) is 1.53. The number of fused-ring (bicyclic) bond motifs is 1. The van der Waals surface area contributed by atoms with E-state index in [2.05, 4.69) is 4.98 Å². The van der Waals surface area contributed by atoms with Crippen LogP contribution >= 0.6 is 0 Å². The smallest absolute Gasteiger partial charge is 0.330 e. The van der Waals surface area contributed by atoms with E-state index in [-0.39, 0.29) is 29.9 Å². The first-order valence-corrected chi connectivity index (χ1v) is 11.2. The van der Waals surface area contributed by atoms with Crippen molar-refractivity contribution in [3.63, 3.8) is 0 Å². The predicted molar refractivity (Wildman–Crippen MR) is 131 cm³/mol. The molecule has 3 rings (SSSR count). The maximum Gasteiger partial charge on any atom is 0.330 e. The van der Waals surface area contributed by atoms with Crippen LogP contribution in [0.4, 0.5) is 11.5 Å². The minimum Gasteiger partial charge on any atom is -0.493 e. The Morgan fingerprint density at radius 3 is 2.56 bits per heavy atom. The molecule has 10 heteroatoms. The van der Waals surface area contributed by atoms with Crippen molar-refractivity contribution in [3.8, 4) is 17.2 Å². The minimum atomic E-state index is -0.703. The number of nitrogens with one attached hydrogen (secondary N) is 1. The number of rotatable bonds is 8. The van der Waals surface area contributed by atoms with Crippen LogP contribution in [0.15, 0.2) is 27.8 Å². The van der Waals surface area contributed by atoms with Crippen LogP contribution in [0.1, 0.15) is 33.3 Å². The molecule has 2 heterocycles. The van der Waals surface area contributed by atoms with E-state index in [4.69, 9.17) is 19.9 Å². The number of hydrogen-bond donors (Lipinski definition) is 2. The SMILES string of the molecule is COc1cc(/C=C/C(=O)N(CC(C)C)c2c(N)n(CC(C)C)c(=O)[nH]c2=O)cc2c1OCCO2. The summed E-state index contributed by atoms with van der Waals surface area (Å²) in [5.41, 5.74) is 5.56. The highest BCUT2D eigenvalue weighted by Crippen LogP contribution is 2.40. The maximum absolute atomic E-state index is 13.3. The number of hydrogen-bond acceptors (Lipinski definition) is 7. The molecule has 1 aromatic heterocycles. The Labute approximate surface area is 197 Å². The summed E-state index contributed by atoms with van der Waals surface area (Å²) < 4.78 is 17.9. The van der Waals surface area contributed by atoms with E-state index in [1.807, 2.05) is 27.7 Å². The number of aromatic nitrogens is 2. The van der Waals surface area contributed by atoms with E-state index in [1.165, 1.54) is 22.7 Å². The standard InChI is InChI=1S/C24H32N4O6/c1-14(2)12-27(20-22(25)28(13-15(3)4)24(31)26-23(20)30)19(29)7-6-16-10-17(32-5)21-18(11-16)33-8-9-34-21/h6-7,10-11,14-15H,8-9,12-13,25H2,1-5H3,(H,26,30,31)/b7-6+. The molecule has 1 amide bonds. The number of amides is 1. The fraction of sp³-hybridized carbons (Fsp3) is 0.458. The highest BCUT2D eigenvalue weighted by atomic mass is 16.6. The Kier molecular flexibility index (Phi) is 7.70. The van der Waals surface area contributed by atoms with Gasteiger partial charge in [0.25, 0.3) is 11.5 Å². The molecule has 0 fully saturated rings. The molecule has 0 radical (unpaired) electrons. The van der Waals surface area contributed by atoms with Gasteiger partial charge in [-0.05, 0) is 35.6 Å². The first kappa shape index (κ1) is 24.9. The zero-order valence-electron chi connectivity index (χ0n) is 20.2. The molecule has 0 spiro atoms. The summed E-state index contributed by atoms with van der Waals surface area (Å²) in [6.07, 6.45) is 2.95. The van der Waals surface area contributed by atoms with Gasteiger partial charge in [0.2, 0.25) is 5.75 Å². The normalized spacial score (nSPS) is 13.0. The van der Waals surface area contributed by atoms with E-state index in [1.54, 1.807) is 18.2 Å². The van der Waals surface area contributed by atoms with Gasteiger partial charge >= 0.3 is 5.69 Å². The molecule has 0 unspecified atom stereocenters. The molecule has 1 aromatic carbocycles. The Bertz CT molecular complexity index is 1180. The van der Waals surface area contributed by atoms with Crippen LogP contribution in [0, 0.1) is 11.8 Å². The topological polar surface area (TPSA) is 129 Å². The van der Waals surface area contributed by atoms with Gasteiger partial charge in [-0.2, -0.15) is 0 Å². The van der Waals surface area contributed by atoms with Crippen LogP contribution in [-0.2, 0) is 11.3 Å². The highest BCUT2D eigenvalue weighted by Gasteiger charge is 2.24. The number of nitrogens with zero attached hydrogens (tertiary/aromatic N) is 2. The summed E-state index contributed by atoms with van der Waals surface area (Å²) >= 11 is 0. The lowest BCUT2D eigenvalue weighted by atomic mass is 10.1. The number of anilines is 2. The third-order valence-electron chi connectivity index (χ3n) is 5.11. The van der Waals surface area contributed by atoms with Crippen molar-refractivity contribution in [2.75, 3.05) is 37.5 Å². The van der Waals surface area contributed by atoms with E-state index in [0.29, 0.717) is 42.6 Å². The zero-order valence-corrected chi connectivity index (χ0v) is 20.2. The third kappa shape index (κ3) is 5.44. The van der Waals surface area contributed by atoms with Gasteiger partial charge in [0.15, 0.2) is 17.2 Å². The van der Waals surface area contributed by atoms with Gasteiger partial charge in [-0.1, -0.05) is 27.7 Å². The number of benzene rings is 1. The second kappa shape index (κ2) is 10.5. The summed E-state index contributed by atoms with van der Waals surface area (Å²) in [4.78, 5) is 41.9. The zero-order chi connectivity index (χ0) is 25.0. The second-order valence-corrected chi connectivity index (χ2v) is 8.92. The minimum absolute atomic E-state index is 0.0363. The molecule has 2 aromatic rings. The Morgan fingerprint density at radius 1 is 1.21 bits per heavy atom. The van der Waals surface area contributed by atoms with Crippen molar-refractivity contribution in [1.29, 1.82) is 0 Å². The van der Waals surface area contributed by atoms with Gasteiger partial charge in [-0.15, -0.1) is 0 Å². The van der Waals surface area contributed by atoms with Crippen molar-refractivity contribution < 1.29 is 19.0 Å². The van der Waals surface area contributed by atoms with E-state index in [9.17, 15) is 14.4 Å². The van der Waals surface area contributed by atoms with Crippen LogP contribution in [0.3, 0.4) is 0 Å².